The van der Waals surface area contributed by atoms with Crippen LogP contribution in [0.1, 0.15) is 35.8 Å². The minimum atomic E-state index is -0.125. The zero-order chi connectivity index (χ0) is 16.5. The van der Waals surface area contributed by atoms with Gasteiger partial charge < -0.3 is 10.6 Å². The van der Waals surface area contributed by atoms with E-state index >= 15 is 0 Å². The van der Waals surface area contributed by atoms with Gasteiger partial charge in [0.25, 0.3) is 5.91 Å². The molecule has 2 aromatic rings. The second kappa shape index (κ2) is 9.16. The Bertz CT molecular complexity index is 628. The number of halogens is 1. The number of carbonyl (C=O) groups excluding carboxylic acids is 1. The number of nitrogens with zero attached hydrogens (tertiary/aromatic N) is 1. The molecule has 0 bridgehead atoms. The van der Waals surface area contributed by atoms with E-state index in [0.717, 1.165) is 36.5 Å². The van der Waals surface area contributed by atoms with Crippen LogP contribution in [0, 0.1) is 0 Å². The minimum absolute atomic E-state index is 0.125. The number of nitrogens with one attached hydrogen (secondary N) is 2. The Hall–Kier alpha value is -2.07. The number of hydrogen-bond donors (Lipinski definition) is 2. The Labute approximate surface area is 142 Å². The van der Waals surface area contributed by atoms with E-state index in [1.807, 2.05) is 30.3 Å². The van der Waals surface area contributed by atoms with E-state index < -0.39 is 0 Å². The highest BCUT2D eigenvalue weighted by molar-refractivity contribution is 6.30. The van der Waals surface area contributed by atoms with E-state index in [9.17, 15) is 4.79 Å². The molecule has 0 radical (unpaired) electrons. The molecular weight excluding hydrogens is 310 g/mol. The standard InChI is InChI=1S/C18H22ClN3O/c1-2-3-10-22-18(23)17-13-16(9-12-21-17)20-11-8-14-4-6-15(19)7-5-14/h4-7,9,12-13H,2-3,8,10-11H2,1H3,(H,20,21)(H,22,23). The molecule has 0 atom stereocenters. The molecule has 0 aliphatic rings. The molecular formula is C18H22ClN3O. The molecule has 0 saturated heterocycles. The highest BCUT2D eigenvalue weighted by Crippen LogP contribution is 2.11. The number of aromatic nitrogens is 1. The van der Waals surface area contributed by atoms with E-state index in [0.29, 0.717) is 12.2 Å². The number of anilines is 1. The Balaban J connectivity index is 1.84. The number of amides is 1. The van der Waals surface area contributed by atoms with Crippen LogP contribution in [-0.4, -0.2) is 24.0 Å². The molecule has 23 heavy (non-hydrogen) atoms. The molecule has 4 nitrogen and oxygen atoms in total. The first kappa shape index (κ1) is 17.3. The van der Waals surface area contributed by atoms with Crippen molar-refractivity contribution in [3.8, 4) is 0 Å². The van der Waals surface area contributed by atoms with Crippen LogP contribution >= 0.6 is 11.6 Å². The van der Waals surface area contributed by atoms with Crippen LogP contribution in [0.5, 0.6) is 0 Å². The van der Waals surface area contributed by atoms with Crippen LogP contribution in [-0.2, 0) is 6.42 Å². The van der Waals surface area contributed by atoms with Crippen molar-refractivity contribution >= 4 is 23.2 Å². The second-order valence-electron chi connectivity index (χ2n) is 5.34. The van der Waals surface area contributed by atoms with E-state index in [1.54, 1.807) is 12.3 Å². The van der Waals surface area contributed by atoms with E-state index in [-0.39, 0.29) is 5.91 Å². The average molecular weight is 332 g/mol. The summed E-state index contributed by atoms with van der Waals surface area (Å²) >= 11 is 5.87. The predicted molar refractivity (Wildman–Crippen MR) is 95.1 cm³/mol. The lowest BCUT2D eigenvalue weighted by atomic mass is 10.1. The largest absolute Gasteiger partial charge is 0.385 e. The van der Waals surface area contributed by atoms with Gasteiger partial charge in [0.1, 0.15) is 5.69 Å². The van der Waals surface area contributed by atoms with Gasteiger partial charge in [-0.1, -0.05) is 37.1 Å². The normalized spacial score (nSPS) is 10.3. The van der Waals surface area contributed by atoms with Crippen LogP contribution in [0.3, 0.4) is 0 Å². The topological polar surface area (TPSA) is 54.0 Å². The van der Waals surface area contributed by atoms with Gasteiger partial charge in [-0.15, -0.1) is 0 Å². The van der Waals surface area contributed by atoms with Crippen LogP contribution < -0.4 is 10.6 Å². The van der Waals surface area contributed by atoms with Gasteiger partial charge in [0.05, 0.1) is 0 Å². The molecule has 0 unspecified atom stereocenters. The van der Waals surface area contributed by atoms with Gasteiger partial charge in [0.15, 0.2) is 0 Å². The van der Waals surface area contributed by atoms with Crippen molar-refractivity contribution in [2.24, 2.45) is 0 Å². The van der Waals surface area contributed by atoms with Gasteiger partial charge in [0, 0.05) is 30.0 Å². The molecule has 1 aromatic carbocycles. The summed E-state index contributed by atoms with van der Waals surface area (Å²) in [7, 11) is 0. The SMILES string of the molecule is CCCCNC(=O)c1cc(NCCc2ccc(Cl)cc2)ccn1. The van der Waals surface area contributed by atoms with Crippen molar-refractivity contribution in [2.75, 3.05) is 18.4 Å². The number of rotatable bonds is 8. The molecule has 0 aliphatic heterocycles. The Morgan fingerprint density at radius 2 is 1.96 bits per heavy atom. The van der Waals surface area contributed by atoms with Gasteiger partial charge in [-0.3, -0.25) is 9.78 Å². The van der Waals surface area contributed by atoms with Crippen LogP contribution in [0.4, 0.5) is 5.69 Å². The average Bonchev–Trinajstić information content (AvgIpc) is 2.57. The van der Waals surface area contributed by atoms with Crippen molar-refractivity contribution in [3.05, 3.63) is 58.9 Å². The second-order valence-corrected chi connectivity index (χ2v) is 5.78. The lowest BCUT2D eigenvalue weighted by Crippen LogP contribution is -2.25. The first-order valence-corrected chi connectivity index (χ1v) is 8.29. The maximum Gasteiger partial charge on any atom is 0.269 e. The quantitative estimate of drug-likeness (QED) is 0.721. The monoisotopic (exact) mass is 331 g/mol. The van der Waals surface area contributed by atoms with E-state index in [4.69, 9.17) is 11.6 Å². The lowest BCUT2D eigenvalue weighted by Gasteiger charge is -2.08. The fraction of sp³-hybridized carbons (Fsp3) is 0.333. The molecule has 5 heteroatoms. The minimum Gasteiger partial charge on any atom is -0.385 e. The third kappa shape index (κ3) is 5.91. The first-order chi connectivity index (χ1) is 11.2. The summed E-state index contributed by atoms with van der Waals surface area (Å²) in [5.41, 5.74) is 2.56. The molecule has 0 saturated carbocycles. The maximum absolute atomic E-state index is 12.0. The van der Waals surface area contributed by atoms with Gasteiger partial charge in [0.2, 0.25) is 0 Å². The Morgan fingerprint density at radius 1 is 1.17 bits per heavy atom. The smallest absolute Gasteiger partial charge is 0.269 e. The molecule has 1 heterocycles. The van der Waals surface area contributed by atoms with E-state index in [2.05, 4.69) is 22.5 Å². The third-order valence-electron chi connectivity index (χ3n) is 3.46. The molecule has 0 fully saturated rings. The number of unbranched alkanes of at least 4 members (excludes halogenated alkanes) is 1. The van der Waals surface area contributed by atoms with Gasteiger partial charge in [-0.25, -0.2) is 0 Å². The lowest BCUT2D eigenvalue weighted by molar-refractivity contribution is 0.0948. The summed E-state index contributed by atoms with van der Waals surface area (Å²) < 4.78 is 0. The van der Waals surface area contributed by atoms with Crippen molar-refractivity contribution < 1.29 is 4.79 Å². The van der Waals surface area contributed by atoms with Crippen molar-refractivity contribution in [2.45, 2.75) is 26.2 Å². The van der Waals surface area contributed by atoms with Crippen LogP contribution in [0.15, 0.2) is 42.6 Å². The summed E-state index contributed by atoms with van der Waals surface area (Å²) in [5.74, 6) is -0.125. The van der Waals surface area contributed by atoms with Crippen molar-refractivity contribution in [1.29, 1.82) is 0 Å². The Kier molecular flexibility index (Phi) is 6.88. The summed E-state index contributed by atoms with van der Waals surface area (Å²) in [6.45, 7) is 3.56. The fourth-order valence-corrected chi connectivity index (χ4v) is 2.26. The van der Waals surface area contributed by atoms with Gasteiger partial charge in [-0.05, 0) is 42.7 Å². The maximum atomic E-state index is 12.0. The highest BCUT2D eigenvalue weighted by Gasteiger charge is 2.06. The number of benzene rings is 1. The summed E-state index contributed by atoms with van der Waals surface area (Å²) in [5, 5.41) is 6.93. The molecule has 2 rings (SSSR count). The molecule has 2 N–H and O–H groups in total. The van der Waals surface area contributed by atoms with Crippen LogP contribution in [0.2, 0.25) is 5.02 Å². The predicted octanol–water partition coefficient (Wildman–Crippen LogP) is 3.92. The summed E-state index contributed by atoms with van der Waals surface area (Å²) in [6, 6.07) is 11.5. The van der Waals surface area contributed by atoms with Crippen LogP contribution in [0.25, 0.3) is 0 Å². The van der Waals surface area contributed by atoms with Crippen molar-refractivity contribution in [1.82, 2.24) is 10.3 Å². The molecule has 1 amide bonds. The third-order valence-corrected chi connectivity index (χ3v) is 3.72. The molecule has 0 aliphatic carbocycles. The highest BCUT2D eigenvalue weighted by atomic mass is 35.5. The zero-order valence-electron chi connectivity index (χ0n) is 13.3. The fourth-order valence-electron chi connectivity index (χ4n) is 2.14. The molecule has 1 aromatic heterocycles. The van der Waals surface area contributed by atoms with Crippen molar-refractivity contribution in [3.63, 3.8) is 0 Å². The number of hydrogen-bond acceptors (Lipinski definition) is 3. The summed E-state index contributed by atoms with van der Waals surface area (Å²) in [6.07, 6.45) is 4.57. The van der Waals surface area contributed by atoms with Gasteiger partial charge >= 0.3 is 0 Å². The summed E-state index contributed by atoms with van der Waals surface area (Å²) in [4.78, 5) is 16.1. The zero-order valence-corrected chi connectivity index (χ0v) is 14.1. The number of carbonyl (C=O) groups is 1. The number of pyridine rings is 1. The molecule has 122 valence electrons. The molecule has 0 spiro atoms. The van der Waals surface area contributed by atoms with E-state index in [1.165, 1.54) is 5.56 Å². The Morgan fingerprint density at radius 3 is 2.70 bits per heavy atom. The van der Waals surface area contributed by atoms with Gasteiger partial charge in [-0.2, -0.15) is 0 Å². The first-order valence-electron chi connectivity index (χ1n) is 7.91.